The van der Waals surface area contributed by atoms with Gasteiger partial charge in [-0.05, 0) is 36.8 Å². The van der Waals surface area contributed by atoms with Crippen LogP contribution in [0.2, 0.25) is 5.02 Å². The molecule has 0 spiro atoms. The molecule has 2 amide bonds. The van der Waals surface area contributed by atoms with Crippen molar-refractivity contribution in [1.29, 1.82) is 0 Å². The summed E-state index contributed by atoms with van der Waals surface area (Å²) in [6.45, 7) is 2.72. The number of carbonyl (C=O) groups excluding carboxylic acids is 1. The molecule has 0 aliphatic rings. The van der Waals surface area contributed by atoms with E-state index in [0.717, 1.165) is 11.3 Å². The number of halogens is 1. The first-order valence-corrected chi connectivity index (χ1v) is 7.02. The first kappa shape index (κ1) is 15.2. The van der Waals surface area contributed by atoms with Crippen molar-refractivity contribution in [2.75, 3.05) is 18.5 Å². The molecule has 2 aromatic carbocycles. The fourth-order valence-corrected chi connectivity index (χ4v) is 1.98. The Bertz CT molecular complexity index is 617. The molecule has 4 nitrogen and oxygen atoms in total. The van der Waals surface area contributed by atoms with Crippen molar-refractivity contribution in [3.8, 4) is 5.75 Å². The van der Waals surface area contributed by atoms with Crippen LogP contribution in [0, 0.1) is 6.92 Å². The molecule has 0 aliphatic heterocycles. The number of para-hydroxylation sites is 1. The highest BCUT2D eigenvalue weighted by molar-refractivity contribution is 6.32. The second kappa shape index (κ2) is 7.55. The summed E-state index contributed by atoms with van der Waals surface area (Å²) in [5, 5.41) is 6.04. The minimum Gasteiger partial charge on any atom is -0.490 e. The number of nitrogens with one attached hydrogen (secondary N) is 2. The molecule has 0 aromatic heterocycles. The maximum atomic E-state index is 11.7. The number of hydrogen-bond donors (Lipinski definition) is 2. The van der Waals surface area contributed by atoms with Gasteiger partial charge in [0, 0.05) is 5.69 Å². The van der Waals surface area contributed by atoms with E-state index >= 15 is 0 Å². The first-order chi connectivity index (χ1) is 10.1. The van der Waals surface area contributed by atoms with Crippen molar-refractivity contribution < 1.29 is 9.53 Å². The summed E-state index contributed by atoms with van der Waals surface area (Å²) in [7, 11) is 0. The van der Waals surface area contributed by atoms with Gasteiger partial charge in [0.1, 0.15) is 12.4 Å². The van der Waals surface area contributed by atoms with Crippen LogP contribution in [0.1, 0.15) is 5.56 Å². The van der Waals surface area contributed by atoms with Gasteiger partial charge in [-0.25, -0.2) is 4.79 Å². The van der Waals surface area contributed by atoms with Gasteiger partial charge >= 0.3 is 6.03 Å². The largest absolute Gasteiger partial charge is 0.490 e. The van der Waals surface area contributed by atoms with Gasteiger partial charge < -0.3 is 15.4 Å². The molecule has 2 rings (SSSR count). The van der Waals surface area contributed by atoms with E-state index in [1.54, 1.807) is 12.1 Å². The van der Waals surface area contributed by atoms with E-state index in [4.69, 9.17) is 16.3 Å². The quantitative estimate of drug-likeness (QED) is 0.824. The highest BCUT2D eigenvalue weighted by atomic mass is 35.5. The molecule has 2 aromatic rings. The predicted octanol–water partition coefficient (Wildman–Crippen LogP) is 3.85. The highest BCUT2D eigenvalue weighted by Gasteiger charge is 2.02. The zero-order chi connectivity index (χ0) is 15.1. The zero-order valence-electron chi connectivity index (χ0n) is 11.7. The van der Waals surface area contributed by atoms with Gasteiger partial charge in [-0.3, -0.25) is 0 Å². The van der Waals surface area contributed by atoms with Crippen LogP contribution in [0.25, 0.3) is 0 Å². The van der Waals surface area contributed by atoms with Gasteiger partial charge in [-0.1, -0.05) is 35.9 Å². The van der Waals surface area contributed by atoms with Crippen molar-refractivity contribution in [3.05, 3.63) is 59.1 Å². The second-order valence-corrected chi connectivity index (χ2v) is 4.94. The van der Waals surface area contributed by atoms with Crippen LogP contribution >= 0.6 is 11.6 Å². The van der Waals surface area contributed by atoms with Gasteiger partial charge in [-0.2, -0.15) is 0 Å². The van der Waals surface area contributed by atoms with Crippen LogP contribution < -0.4 is 15.4 Å². The molecule has 0 aliphatic carbocycles. The lowest BCUT2D eigenvalue weighted by Crippen LogP contribution is -2.32. The number of ether oxygens (including phenoxy) is 1. The van der Waals surface area contributed by atoms with Crippen LogP contribution in [0.3, 0.4) is 0 Å². The molecule has 0 heterocycles. The molecule has 0 bridgehead atoms. The number of rotatable bonds is 5. The Labute approximate surface area is 129 Å². The molecule has 0 fully saturated rings. The maximum Gasteiger partial charge on any atom is 0.319 e. The summed E-state index contributed by atoms with van der Waals surface area (Å²) in [4.78, 5) is 11.7. The molecular weight excluding hydrogens is 288 g/mol. The Morgan fingerprint density at radius 3 is 2.76 bits per heavy atom. The van der Waals surface area contributed by atoms with Gasteiger partial charge in [0.2, 0.25) is 0 Å². The number of amides is 2. The van der Waals surface area contributed by atoms with Crippen molar-refractivity contribution in [3.63, 3.8) is 0 Å². The fraction of sp³-hybridized carbons (Fsp3) is 0.188. The van der Waals surface area contributed by atoms with Gasteiger partial charge in [-0.15, -0.1) is 0 Å². The monoisotopic (exact) mass is 304 g/mol. The lowest BCUT2D eigenvalue weighted by Gasteiger charge is -2.10. The number of anilines is 1. The molecule has 21 heavy (non-hydrogen) atoms. The summed E-state index contributed by atoms with van der Waals surface area (Å²) < 4.78 is 5.48. The van der Waals surface area contributed by atoms with Crippen LogP contribution in [0.5, 0.6) is 5.75 Å². The molecule has 0 unspecified atom stereocenters. The topological polar surface area (TPSA) is 50.4 Å². The Morgan fingerprint density at radius 1 is 1.19 bits per heavy atom. The lowest BCUT2D eigenvalue weighted by molar-refractivity contribution is 0.247. The standard InChI is InChI=1S/C16H17ClN2O2/c1-12-5-4-6-13(11-12)19-16(20)18-9-10-21-15-8-3-2-7-14(15)17/h2-8,11H,9-10H2,1H3,(H2,18,19,20). The van der Waals surface area contributed by atoms with Crippen molar-refractivity contribution in [2.24, 2.45) is 0 Å². The number of aryl methyl sites for hydroxylation is 1. The zero-order valence-corrected chi connectivity index (χ0v) is 12.5. The van der Waals surface area contributed by atoms with E-state index in [9.17, 15) is 4.79 Å². The number of benzene rings is 2. The normalized spacial score (nSPS) is 10.0. The number of carbonyl (C=O) groups is 1. The summed E-state index contributed by atoms with van der Waals surface area (Å²) >= 11 is 5.96. The van der Waals surface area contributed by atoms with E-state index < -0.39 is 0 Å². The van der Waals surface area contributed by atoms with E-state index in [0.29, 0.717) is 23.9 Å². The average Bonchev–Trinajstić information content (AvgIpc) is 2.45. The van der Waals surface area contributed by atoms with E-state index in [1.807, 2.05) is 43.3 Å². The average molecular weight is 305 g/mol. The van der Waals surface area contributed by atoms with Crippen LogP contribution in [0.15, 0.2) is 48.5 Å². The molecule has 2 N–H and O–H groups in total. The van der Waals surface area contributed by atoms with Crippen molar-refractivity contribution in [2.45, 2.75) is 6.92 Å². The molecular formula is C16H17ClN2O2. The maximum absolute atomic E-state index is 11.7. The number of hydrogen-bond acceptors (Lipinski definition) is 2. The summed E-state index contributed by atoms with van der Waals surface area (Å²) in [5.41, 5.74) is 1.86. The highest BCUT2D eigenvalue weighted by Crippen LogP contribution is 2.22. The second-order valence-electron chi connectivity index (χ2n) is 4.53. The van der Waals surface area contributed by atoms with E-state index in [1.165, 1.54) is 0 Å². The van der Waals surface area contributed by atoms with Crippen molar-refractivity contribution >= 4 is 23.3 Å². The van der Waals surface area contributed by atoms with E-state index in [-0.39, 0.29) is 6.03 Å². The van der Waals surface area contributed by atoms with Crippen LogP contribution in [-0.4, -0.2) is 19.2 Å². The third kappa shape index (κ3) is 5.00. The first-order valence-electron chi connectivity index (χ1n) is 6.64. The van der Waals surface area contributed by atoms with Gasteiger partial charge in [0.25, 0.3) is 0 Å². The third-order valence-electron chi connectivity index (χ3n) is 2.76. The lowest BCUT2D eigenvalue weighted by atomic mass is 10.2. The summed E-state index contributed by atoms with van der Waals surface area (Å²) in [5.74, 6) is 0.611. The Kier molecular flexibility index (Phi) is 5.46. The third-order valence-corrected chi connectivity index (χ3v) is 3.07. The minimum absolute atomic E-state index is 0.261. The number of urea groups is 1. The molecule has 0 saturated heterocycles. The van der Waals surface area contributed by atoms with Crippen LogP contribution in [0.4, 0.5) is 10.5 Å². The molecule has 0 radical (unpaired) electrons. The van der Waals surface area contributed by atoms with Crippen molar-refractivity contribution in [1.82, 2.24) is 5.32 Å². The predicted molar refractivity (Wildman–Crippen MR) is 85.1 cm³/mol. The van der Waals surface area contributed by atoms with E-state index in [2.05, 4.69) is 10.6 Å². The molecule has 0 atom stereocenters. The van der Waals surface area contributed by atoms with Crippen LogP contribution in [-0.2, 0) is 0 Å². The van der Waals surface area contributed by atoms with Gasteiger partial charge in [0.05, 0.1) is 11.6 Å². The van der Waals surface area contributed by atoms with Gasteiger partial charge in [0.15, 0.2) is 0 Å². The summed E-state index contributed by atoms with van der Waals surface area (Å²) in [6.07, 6.45) is 0. The molecule has 110 valence electrons. The Balaban J connectivity index is 1.71. The Hall–Kier alpha value is -2.20. The smallest absolute Gasteiger partial charge is 0.319 e. The molecule has 5 heteroatoms. The minimum atomic E-state index is -0.261. The fourth-order valence-electron chi connectivity index (χ4n) is 1.79. The molecule has 0 saturated carbocycles. The Morgan fingerprint density at radius 2 is 2.00 bits per heavy atom. The SMILES string of the molecule is Cc1cccc(NC(=O)NCCOc2ccccc2Cl)c1. The summed E-state index contributed by atoms with van der Waals surface area (Å²) in [6, 6.07) is 14.6.